The lowest BCUT2D eigenvalue weighted by molar-refractivity contribution is -0.137. The van der Waals surface area contributed by atoms with Crippen LogP contribution in [0.1, 0.15) is 59.8 Å². The minimum atomic E-state index is -0.760. The molecule has 0 saturated carbocycles. The Morgan fingerprint density at radius 1 is 1.17 bits per heavy atom. The minimum absolute atomic E-state index is 0.0380. The lowest BCUT2D eigenvalue weighted by atomic mass is 9.84. The largest absolute Gasteiger partial charge is 0.481 e. The molecule has 4 heteroatoms. The van der Waals surface area contributed by atoms with E-state index in [1.165, 1.54) is 0 Å². The van der Waals surface area contributed by atoms with Gasteiger partial charge in [-0.2, -0.15) is 0 Å². The Bertz CT molecular complexity index is 272. The van der Waals surface area contributed by atoms with Gasteiger partial charge in [0.05, 0.1) is 0 Å². The Morgan fingerprint density at radius 3 is 2.28 bits per heavy atom. The smallest absolute Gasteiger partial charge is 0.303 e. The summed E-state index contributed by atoms with van der Waals surface area (Å²) in [5, 5.41) is 11.5. The fourth-order valence-corrected chi connectivity index (χ4v) is 1.62. The monoisotopic (exact) mass is 257 g/mol. The molecule has 0 heterocycles. The third kappa shape index (κ3) is 10.1. The summed E-state index contributed by atoms with van der Waals surface area (Å²) >= 11 is 0. The number of rotatable bonds is 9. The van der Waals surface area contributed by atoms with Gasteiger partial charge in [-0.15, -0.1) is 0 Å². The van der Waals surface area contributed by atoms with Gasteiger partial charge in [0.2, 0.25) is 5.91 Å². The van der Waals surface area contributed by atoms with Gasteiger partial charge in [0.1, 0.15) is 0 Å². The molecular formula is C14H27NO3. The predicted octanol–water partition coefficient (Wildman–Crippen LogP) is 2.82. The number of carboxylic acids is 1. The molecule has 2 N–H and O–H groups in total. The Balaban J connectivity index is 3.74. The second kappa shape index (κ2) is 8.11. The van der Waals surface area contributed by atoms with Crippen LogP contribution in [-0.2, 0) is 9.59 Å². The molecular weight excluding hydrogens is 230 g/mol. The van der Waals surface area contributed by atoms with Crippen molar-refractivity contribution in [3.8, 4) is 0 Å². The fourth-order valence-electron chi connectivity index (χ4n) is 1.62. The van der Waals surface area contributed by atoms with Crippen LogP contribution in [0, 0.1) is 11.3 Å². The first-order chi connectivity index (χ1) is 8.23. The Morgan fingerprint density at radius 2 is 1.78 bits per heavy atom. The van der Waals surface area contributed by atoms with Crippen LogP contribution in [0.3, 0.4) is 0 Å². The van der Waals surface area contributed by atoms with Crippen molar-refractivity contribution in [1.29, 1.82) is 0 Å². The van der Waals surface area contributed by atoms with E-state index < -0.39 is 5.97 Å². The van der Waals surface area contributed by atoms with Crippen LogP contribution in [-0.4, -0.2) is 23.5 Å². The summed E-state index contributed by atoms with van der Waals surface area (Å²) in [6.07, 6.45) is 3.13. The van der Waals surface area contributed by atoms with Gasteiger partial charge in [-0.3, -0.25) is 9.59 Å². The minimum Gasteiger partial charge on any atom is -0.481 e. The SMILES string of the molecule is CC(C)CCC(=O)NCCC(C)(C)CCC(=O)O. The second-order valence-electron chi connectivity index (χ2n) is 6.09. The standard InChI is InChI=1S/C14H27NO3/c1-11(2)5-6-12(16)15-10-9-14(3,4)8-7-13(17)18/h11H,5-10H2,1-4H3,(H,15,16)(H,17,18). The summed E-state index contributed by atoms with van der Waals surface area (Å²) in [6.45, 7) is 8.90. The maximum Gasteiger partial charge on any atom is 0.303 e. The molecule has 0 aromatic rings. The summed E-state index contributed by atoms with van der Waals surface area (Å²) in [5.74, 6) is -0.121. The third-order valence-electron chi connectivity index (χ3n) is 3.09. The summed E-state index contributed by atoms with van der Waals surface area (Å²) in [6, 6.07) is 0. The average Bonchev–Trinajstić information content (AvgIpc) is 2.23. The summed E-state index contributed by atoms with van der Waals surface area (Å²) in [4.78, 5) is 22.0. The molecule has 0 unspecified atom stereocenters. The molecule has 0 spiro atoms. The molecule has 18 heavy (non-hydrogen) atoms. The van der Waals surface area contributed by atoms with Crippen molar-refractivity contribution in [1.82, 2.24) is 5.32 Å². The van der Waals surface area contributed by atoms with Crippen molar-refractivity contribution < 1.29 is 14.7 Å². The molecule has 0 aliphatic carbocycles. The van der Waals surface area contributed by atoms with Gasteiger partial charge in [-0.05, 0) is 30.6 Å². The molecule has 0 saturated heterocycles. The van der Waals surface area contributed by atoms with Crippen molar-refractivity contribution >= 4 is 11.9 Å². The number of hydrogen-bond acceptors (Lipinski definition) is 2. The molecule has 0 aromatic carbocycles. The van der Waals surface area contributed by atoms with Crippen LogP contribution in [0.4, 0.5) is 0 Å². The van der Waals surface area contributed by atoms with Gasteiger partial charge in [0.15, 0.2) is 0 Å². The van der Waals surface area contributed by atoms with Crippen LogP contribution in [0.5, 0.6) is 0 Å². The van der Waals surface area contributed by atoms with Crippen molar-refractivity contribution in [2.24, 2.45) is 11.3 Å². The number of aliphatic carboxylic acids is 1. The summed E-state index contributed by atoms with van der Waals surface area (Å²) in [7, 11) is 0. The van der Waals surface area contributed by atoms with Crippen LogP contribution in [0.15, 0.2) is 0 Å². The van der Waals surface area contributed by atoms with E-state index in [1.54, 1.807) is 0 Å². The number of nitrogens with one attached hydrogen (secondary N) is 1. The highest BCUT2D eigenvalue weighted by molar-refractivity contribution is 5.75. The molecule has 0 radical (unpaired) electrons. The van der Waals surface area contributed by atoms with E-state index in [9.17, 15) is 9.59 Å². The van der Waals surface area contributed by atoms with Gasteiger partial charge in [-0.1, -0.05) is 27.7 Å². The van der Waals surface area contributed by atoms with Gasteiger partial charge >= 0.3 is 5.97 Å². The Hall–Kier alpha value is -1.06. The Kier molecular flexibility index (Phi) is 7.64. The number of carboxylic acid groups (broad SMARTS) is 1. The number of carbonyl (C=O) groups is 2. The molecule has 0 aliphatic heterocycles. The highest BCUT2D eigenvalue weighted by Crippen LogP contribution is 2.25. The zero-order chi connectivity index (χ0) is 14.2. The van der Waals surface area contributed by atoms with Crippen LogP contribution < -0.4 is 5.32 Å². The first-order valence-corrected chi connectivity index (χ1v) is 6.71. The third-order valence-corrected chi connectivity index (χ3v) is 3.09. The molecule has 4 nitrogen and oxygen atoms in total. The summed E-state index contributed by atoms with van der Waals surface area (Å²) in [5.41, 5.74) is -0.0380. The Labute approximate surface area is 110 Å². The highest BCUT2D eigenvalue weighted by Gasteiger charge is 2.19. The average molecular weight is 257 g/mol. The van der Waals surface area contributed by atoms with E-state index in [1.807, 2.05) is 13.8 Å². The second-order valence-corrected chi connectivity index (χ2v) is 6.09. The first kappa shape index (κ1) is 16.9. The molecule has 0 atom stereocenters. The normalized spacial score (nSPS) is 11.6. The van der Waals surface area contributed by atoms with Crippen LogP contribution >= 0.6 is 0 Å². The van der Waals surface area contributed by atoms with E-state index in [0.29, 0.717) is 25.3 Å². The van der Waals surface area contributed by atoms with Crippen molar-refractivity contribution in [3.63, 3.8) is 0 Å². The predicted molar refractivity (Wildman–Crippen MR) is 72.3 cm³/mol. The lowest BCUT2D eigenvalue weighted by Crippen LogP contribution is -2.28. The number of amides is 1. The molecule has 1 amide bonds. The van der Waals surface area contributed by atoms with Crippen LogP contribution in [0.2, 0.25) is 0 Å². The van der Waals surface area contributed by atoms with Gasteiger partial charge in [0.25, 0.3) is 0 Å². The molecule has 0 bridgehead atoms. The van der Waals surface area contributed by atoms with Crippen LogP contribution in [0.25, 0.3) is 0 Å². The van der Waals surface area contributed by atoms with E-state index in [-0.39, 0.29) is 17.7 Å². The molecule has 106 valence electrons. The number of carbonyl (C=O) groups excluding carboxylic acids is 1. The fraction of sp³-hybridized carbons (Fsp3) is 0.857. The van der Waals surface area contributed by atoms with Gasteiger partial charge < -0.3 is 10.4 Å². The number of hydrogen-bond donors (Lipinski definition) is 2. The molecule has 0 rings (SSSR count). The molecule has 0 fully saturated rings. The maximum atomic E-state index is 11.5. The zero-order valence-electron chi connectivity index (χ0n) is 12.1. The summed E-state index contributed by atoms with van der Waals surface area (Å²) < 4.78 is 0. The van der Waals surface area contributed by atoms with Crippen molar-refractivity contribution in [2.45, 2.75) is 59.8 Å². The van der Waals surface area contributed by atoms with Crippen molar-refractivity contribution in [2.75, 3.05) is 6.54 Å². The van der Waals surface area contributed by atoms with Gasteiger partial charge in [0, 0.05) is 19.4 Å². The lowest BCUT2D eigenvalue weighted by Gasteiger charge is -2.23. The topological polar surface area (TPSA) is 66.4 Å². The zero-order valence-corrected chi connectivity index (χ0v) is 12.1. The first-order valence-electron chi connectivity index (χ1n) is 6.71. The van der Waals surface area contributed by atoms with E-state index in [2.05, 4.69) is 19.2 Å². The van der Waals surface area contributed by atoms with E-state index in [4.69, 9.17) is 5.11 Å². The molecule has 0 aliphatic rings. The van der Waals surface area contributed by atoms with E-state index >= 15 is 0 Å². The van der Waals surface area contributed by atoms with Crippen molar-refractivity contribution in [3.05, 3.63) is 0 Å². The van der Waals surface area contributed by atoms with E-state index in [0.717, 1.165) is 12.8 Å². The highest BCUT2D eigenvalue weighted by atomic mass is 16.4. The molecule has 0 aromatic heterocycles. The van der Waals surface area contributed by atoms with Gasteiger partial charge in [-0.25, -0.2) is 0 Å². The quantitative estimate of drug-likeness (QED) is 0.667. The maximum absolute atomic E-state index is 11.5.